The number of morpholine rings is 1. The smallest absolute Gasteiger partial charge is 0.411 e. The molecule has 10 atom stereocenters. The molecule has 7 aliphatic heterocycles. The van der Waals surface area contributed by atoms with Crippen molar-refractivity contribution in [3.05, 3.63) is 131 Å². The number of fused-ring (bicyclic) bond motifs is 12. The first kappa shape index (κ1) is 76.9. The molecule has 27 nitrogen and oxygen atoms in total. The summed E-state index contributed by atoms with van der Waals surface area (Å²) >= 11 is 0. The lowest BCUT2D eigenvalue weighted by atomic mass is 9.75. The fourth-order valence-electron chi connectivity index (χ4n) is 14.9. The number of benzene rings is 4. The molecule has 0 radical (unpaired) electrons. The molecule has 4 aromatic rings. The van der Waals surface area contributed by atoms with E-state index in [4.69, 9.17) is 80.2 Å². The molecule has 0 N–H and O–H groups in total. The number of piperazine rings is 2. The zero-order chi connectivity index (χ0) is 75.2. The third kappa shape index (κ3) is 14.1. The molecule has 0 saturated carbocycles. The lowest BCUT2D eigenvalue weighted by molar-refractivity contribution is -0.179. The fourth-order valence-corrected chi connectivity index (χ4v) is 16.0. The molecule has 3 fully saturated rings. The van der Waals surface area contributed by atoms with Crippen LogP contribution in [0.1, 0.15) is 107 Å². The van der Waals surface area contributed by atoms with Crippen LogP contribution in [0.4, 0.5) is 9.59 Å². The highest BCUT2D eigenvalue weighted by Crippen LogP contribution is 2.59. The van der Waals surface area contributed by atoms with E-state index in [-0.39, 0.29) is 91.3 Å². The van der Waals surface area contributed by atoms with Gasteiger partial charge in [0, 0.05) is 47.6 Å². The summed E-state index contributed by atoms with van der Waals surface area (Å²) in [6.07, 6.45) is 5.44. The number of cyclic esters (lactones) is 1. The lowest BCUT2D eigenvalue weighted by Crippen LogP contribution is -2.71. The number of nitrogens with zero attached hydrogens (tertiary/aromatic N) is 6. The van der Waals surface area contributed by atoms with Crippen molar-refractivity contribution in [3.63, 3.8) is 0 Å². The Morgan fingerprint density at radius 3 is 1.62 bits per heavy atom. The molecule has 7 heterocycles. The molecule has 3 saturated heterocycles. The summed E-state index contributed by atoms with van der Waals surface area (Å²) in [7, 11) is 3.59. The normalized spacial score (nSPS) is 22.0. The van der Waals surface area contributed by atoms with Gasteiger partial charge in [-0.25, -0.2) is 19.2 Å². The van der Waals surface area contributed by atoms with E-state index in [1.165, 1.54) is 26.4 Å². The molecular formula is C76H94N6O21Si. The van der Waals surface area contributed by atoms with Crippen molar-refractivity contribution in [1.29, 1.82) is 10.5 Å². The predicted octanol–water partition coefficient (Wildman–Crippen LogP) is 11.1. The number of ether oxygens (including phenoxy) is 16. The molecule has 0 spiro atoms. The standard InChI is InChI=1S/C42H57N3O11Si.C34H37N3O10/c1-13-16-51-39-33-27(18-25(4)36(39)49-10)19-29-30(21-43)44(31(22-56-57(11,12)42(6,7)8)35(33)45(29)41(47)52-17-14-2)34(40(46)50-15-3)28-20-32(53-23-48-9)26(5)37-38(28)55-24-54-37;1-7-9-42-32-26-20(11-18(3)29(32)41-6)12-22-23(14-35)36-24(28(26)37(22)34(39)43-10-8-2)15-44-33(38)27(36)21-13-25(45-16-40-5)19(4)30-31(21)47-17-46-30/h13-14,18,20,29-31,34-35H,1-2,15-17,19,22-24H2,3-12H3;7-8,11,13,22-24,27-28H,1-2,9-10,12,15-17H2,3-6H3/t29-,30+,31-,34-,35-;22-,23+,24-,27-,28-/m00/s1. The number of carbonyl (C=O) groups excluding carboxylic acids is 4. The summed E-state index contributed by atoms with van der Waals surface area (Å²) in [5.74, 6) is 2.95. The van der Waals surface area contributed by atoms with E-state index in [9.17, 15) is 29.7 Å². The van der Waals surface area contributed by atoms with Gasteiger partial charge in [0.05, 0.1) is 75.8 Å². The fraction of sp³-hybridized carbons (Fsp3) is 0.500. The Hall–Kier alpha value is -9.68. The number of nitriles is 2. The Bertz CT molecular complexity index is 4050. The maximum absolute atomic E-state index is 14.8. The molecule has 4 aromatic carbocycles. The van der Waals surface area contributed by atoms with E-state index >= 15 is 0 Å². The third-order valence-corrected chi connectivity index (χ3v) is 24.8. The zero-order valence-electron chi connectivity index (χ0n) is 61.7. The predicted molar refractivity (Wildman–Crippen MR) is 380 cm³/mol. The third-order valence-electron chi connectivity index (χ3n) is 20.3. The highest BCUT2D eigenvalue weighted by Gasteiger charge is 2.62. The molecule has 0 aliphatic carbocycles. The number of methoxy groups -OCH3 is 4. The maximum atomic E-state index is 14.8. The molecule has 558 valence electrons. The lowest BCUT2D eigenvalue weighted by Gasteiger charge is -2.58. The minimum absolute atomic E-state index is 0.00216. The maximum Gasteiger partial charge on any atom is 0.411 e. The summed E-state index contributed by atoms with van der Waals surface area (Å²) in [6, 6.07) is 3.13. The van der Waals surface area contributed by atoms with E-state index in [0.29, 0.717) is 90.9 Å². The van der Waals surface area contributed by atoms with Gasteiger partial charge in [0.15, 0.2) is 67.9 Å². The number of rotatable bonds is 26. The summed E-state index contributed by atoms with van der Waals surface area (Å²) in [4.78, 5) is 63.8. The second-order valence-electron chi connectivity index (χ2n) is 27.3. The van der Waals surface area contributed by atoms with Gasteiger partial charge in [-0.2, -0.15) is 10.5 Å². The SMILES string of the molecule is C=CCOC(=O)N1[C@@H]2c3c(cc(C)c(OC)c3OCC=C)C[C@H]1[C@@H](C#N)N([C@H](C(=O)OCC)c1cc(OCOC)c(C)c3c1OCO3)[C@H]2CO[Si](C)(C)C(C)(C)C.C=CCOC(=O)N1[C@@H]2c3c(cc(C)c(OC)c3OCC=C)C[C@H]1[C@@H](C#N)N1[C@@H](c3cc(OCOC)c(C)c4c3OCO4)C(=O)OC[C@@H]21. The van der Waals surface area contributed by atoms with Gasteiger partial charge in [-0.15, -0.1) is 0 Å². The van der Waals surface area contributed by atoms with Crippen LogP contribution in [0.5, 0.6) is 57.5 Å². The van der Waals surface area contributed by atoms with Crippen LogP contribution < -0.4 is 47.4 Å². The van der Waals surface area contributed by atoms with Crippen LogP contribution in [0.3, 0.4) is 0 Å². The van der Waals surface area contributed by atoms with Crippen LogP contribution in [0, 0.1) is 50.4 Å². The Morgan fingerprint density at radius 1 is 0.635 bits per heavy atom. The molecule has 104 heavy (non-hydrogen) atoms. The first-order chi connectivity index (χ1) is 49.9. The van der Waals surface area contributed by atoms with Crippen LogP contribution >= 0.6 is 0 Å². The molecule has 4 bridgehead atoms. The summed E-state index contributed by atoms with van der Waals surface area (Å²) < 4.78 is 101. The van der Waals surface area contributed by atoms with Crippen molar-refractivity contribution in [3.8, 4) is 69.6 Å². The van der Waals surface area contributed by atoms with E-state index in [1.54, 1.807) is 55.2 Å². The molecular weight excluding hydrogens is 1360 g/mol. The Labute approximate surface area is 608 Å². The highest BCUT2D eigenvalue weighted by molar-refractivity contribution is 6.74. The quantitative estimate of drug-likeness (QED) is 0.0186. The summed E-state index contributed by atoms with van der Waals surface area (Å²) in [5.41, 5.74) is 6.83. The minimum Gasteiger partial charge on any atom is -0.493 e. The monoisotopic (exact) mass is 1450 g/mol. The van der Waals surface area contributed by atoms with Crippen molar-refractivity contribution >= 4 is 32.4 Å². The molecule has 28 heteroatoms. The second kappa shape index (κ2) is 32.5. The zero-order valence-corrected chi connectivity index (χ0v) is 62.7. The Morgan fingerprint density at radius 2 is 1.12 bits per heavy atom. The van der Waals surface area contributed by atoms with E-state index in [0.717, 1.165) is 22.3 Å². The van der Waals surface area contributed by atoms with Crippen LogP contribution in [0.25, 0.3) is 0 Å². The molecule has 11 rings (SSSR count). The Balaban J connectivity index is 0.000000227. The number of carbonyl (C=O) groups is 4. The summed E-state index contributed by atoms with van der Waals surface area (Å²) in [5, 5.41) is 22.0. The van der Waals surface area contributed by atoms with Crippen LogP contribution in [-0.2, 0) is 55.3 Å². The minimum atomic E-state index is -2.54. The number of esters is 2. The molecule has 2 amide bonds. The summed E-state index contributed by atoms with van der Waals surface area (Å²) in [6.45, 7) is 34.8. The number of amides is 2. The first-order valence-electron chi connectivity index (χ1n) is 34.3. The van der Waals surface area contributed by atoms with Gasteiger partial charge in [-0.05, 0) is 100.0 Å². The van der Waals surface area contributed by atoms with E-state index in [2.05, 4.69) is 72.3 Å². The van der Waals surface area contributed by atoms with E-state index in [1.807, 2.05) is 49.6 Å². The van der Waals surface area contributed by atoms with Crippen LogP contribution in [0.15, 0.2) is 74.9 Å². The number of hydrogen-bond donors (Lipinski definition) is 0. The second-order valence-corrected chi connectivity index (χ2v) is 32.1. The van der Waals surface area contributed by atoms with Crippen molar-refractivity contribution in [2.24, 2.45) is 0 Å². The highest BCUT2D eigenvalue weighted by atomic mass is 28.4. The number of hydrogen-bond acceptors (Lipinski definition) is 25. The molecule has 0 aromatic heterocycles. The topological polar surface area (TPSA) is 286 Å². The van der Waals surface area contributed by atoms with Crippen molar-refractivity contribution in [2.45, 2.75) is 147 Å². The van der Waals surface area contributed by atoms with Crippen LogP contribution in [-0.4, -0.2) is 190 Å². The first-order valence-corrected chi connectivity index (χ1v) is 37.2. The molecule has 7 aliphatic rings. The Kier molecular flexibility index (Phi) is 24.1. The van der Waals surface area contributed by atoms with Gasteiger partial charge >= 0.3 is 24.1 Å². The van der Waals surface area contributed by atoms with Gasteiger partial charge in [0.1, 0.15) is 68.7 Å². The van der Waals surface area contributed by atoms with Gasteiger partial charge in [0.2, 0.25) is 13.6 Å². The van der Waals surface area contributed by atoms with Crippen molar-refractivity contribution < 1.29 is 99.4 Å². The van der Waals surface area contributed by atoms with Gasteiger partial charge in [0.25, 0.3) is 0 Å². The van der Waals surface area contributed by atoms with Gasteiger partial charge in [-0.1, -0.05) is 83.5 Å². The average Bonchev–Trinajstić information content (AvgIpc) is 0.772. The van der Waals surface area contributed by atoms with Crippen molar-refractivity contribution in [2.75, 3.05) is 102 Å². The average molecular weight is 1460 g/mol. The molecule has 0 unspecified atom stereocenters. The number of aryl methyl sites for hydroxylation is 2. The van der Waals surface area contributed by atoms with Gasteiger partial charge < -0.3 is 80.2 Å². The van der Waals surface area contributed by atoms with Gasteiger partial charge in [-0.3, -0.25) is 19.6 Å². The van der Waals surface area contributed by atoms with E-state index < -0.39 is 92.9 Å². The van der Waals surface area contributed by atoms with Crippen molar-refractivity contribution in [1.82, 2.24) is 19.6 Å². The van der Waals surface area contributed by atoms with Crippen LogP contribution in [0.2, 0.25) is 18.1 Å². The largest absolute Gasteiger partial charge is 0.493 e.